The van der Waals surface area contributed by atoms with Crippen LogP contribution in [0.5, 0.6) is 0 Å². The fourth-order valence-electron chi connectivity index (χ4n) is 2.59. The van der Waals surface area contributed by atoms with Crippen LogP contribution in [0.4, 0.5) is 0 Å². The van der Waals surface area contributed by atoms with Crippen molar-refractivity contribution >= 4 is 0 Å². The molecule has 0 amide bonds. The molecule has 2 nitrogen and oxygen atoms in total. The molecule has 110 valence electrons. The lowest BCUT2D eigenvalue weighted by molar-refractivity contribution is 0.198. The Bertz CT molecular complexity index is 161. The van der Waals surface area contributed by atoms with E-state index < -0.39 is 0 Å². The Balaban J connectivity index is 3.43. The number of aliphatic hydroxyl groups excluding tert-OH is 1. The average Bonchev–Trinajstić information content (AvgIpc) is 2.36. The zero-order chi connectivity index (χ0) is 13.6. The Hall–Kier alpha value is -0.0800. The maximum absolute atomic E-state index is 9.36. The normalized spacial score (nSPS) is 14.7. The van der Waals surface area contributed by atoms with Gasteiger partial charge in [-0.15, -0.1) is 0 Å². The van der Waals surface area contributed by atoms with Crippen molar-refractivity contribution < 1.29 is 5.11 Å². The Morgan fingerprint density at radius 2 is 1.44 bits per heavy atom. The maximum Gasteiger partial charge on any atom is 0.0459 e. The Kier molecular flexibility index (Phi) is 13.3. The average molecular weight is 257 g/mol. The van der Waals surface area contributed by atoms with Gasteiger partial charge in [0.15, 0.2) is 0 Å². The van der Waals surface area contributed by atoms with Gasteiger partial charge in [-0.1, -0.05) is 65.2 Å². The summed E-state index contributed by atoms with van der Waals surface area (Å²) in [4.78, 5) is 0. The molecule has 2 unspecified atom stereocenters. The number of hydrogen-bond acceptors (Lipinski definition) is 2. The van der Waals surface area contributed by atoms with Gasteiger partial charge in [0.25, 0.3) is 0 Å². The van der Waals surface area contributed by atoms with Crippen LogP contribution in [0.3, 0.4) is 0 Å². The maximum atomic E-state index is 9.36. The first kappa shape index (κ1) is 17.9. The fourth-order valence-corrected chi connectivity index (χ4v) is 2.59. The van der Waals surface area contributed by atoms with Crippen molar-refractivity contribution in [3.8, 4) is 0 Å². The smallest absolute Gasteiger partial charge is 0.0459 e. The largest absolute Gasteiger partial charge is 0.396 e. The standard InChI is InChI=1S/C16H35NO/c1-3-5-6-7-8-9-10-12-15(14-18)13-16(17)11-4-2/h15-16,18H,3-14,17H2,1-2H3. The van der Waals surface area contributed by atoms with Gasteiger partial charge < -0.3 is 10.8 Å². The second-order valence-corrected chi connectivity index (χ2v) is 5.74. The molecule has 0 saturated heterocycles. The molecular weight excluding hydrogens is 222 g/mol. The molecule has 0 fully saturated rings. The van der Waals surface area contributed by atoms with E-state index in [2.05, 4.69) is 13.8 Å². The van der Waals surface area contributed by atoms with Gasteiger partial charge in [-0.3, -0.25) is 0 Å². The van der Waals surface area contributed by atoms with Crippen LogP contribution in [0.25, 0.3) is 0 Å². The lowest BCUT2D eigenvalue weighted by atomic mass is 9.93. The van der Waals surface area contributed by atoms with E-state index in [9.17, 15) is 5.11 Å². The summed E-state index contributed by atoms with van der Waals surface area (Å²) in [7, 11) is 0. The Morgan fingerprint density at radius 3 is 2.00 bits per heavy atom. The summed E-state index contributed by atoms with van der Waals surface area (Å²) in [6.07, 6.45) is 13.8. The predicted molar refractivity (Wildman–Crippen MR) is 80.7 cm³/mol. The molecule has 0 heterocycles. The molecule has 0 aliphatic heterocycles. The number of rotatable bonds is 13. The monoisotopic (exact) mass is 257 g/mol. The van der Waals surface area contributed by atoms with Crippen LogP contribution < -0.4 is 5.73 Å². The van der Waals surface area contributed by atoms with Gasteiger partial charge in [-0.2, -0.15) is 0 Å². The van der Waals surface area contributed by atoms with E-state index in [4.69, 9.17) is 5.73 Å². The highest BCUT2D eigenvalue weighted by molar-refractivity contribution is 4.68. The zero-order valence-electron chi connectivity index (χ0n) is 12.7. The first-order chi connectivity index (χ1) is 8.74. The highest BCUT2D eigenvalue weighted by atomic mass is 16.3. The molecular formula is C16H35NO. The summed E-state index contributed by atoms with van der Waals surface area (Å²) in [5.41, 5.74) is 6.03. The zero-order valence-corrected chi connectivity index (χ0v) is 12.7. The number of nitrogens with two attached hydrogens (primary N) is 1. The van der Waals surface area contributed by atoms with Gasteiger partial charge >= 0.3 is 0 Å². The highest BCUT2D eigenvalue weighted by Gasteiger charge is 2.11. The third-order valence-electron chi connectivity index (χ3n) is 3.77. The lowest BCUT2D eigenvalue weighted by Gasteiger charge is -2.18. The Labute approximate surface area is 114 Å². The molecule has 0 spiro atoms. The SMILES string of the molecule is CCCCCCCCCC(CO)CC(N)CCC. The van der Waals surface area contributed by atoms with Crippen molar-refractivity contribution in [3.05, 3.63) is 0 Å². The molecule has 0 radical (unpaired) electrons. The van der Waals surface area contributed by atoms with Crippen LogP contribution in [0, 0.1) is 5.92 Å². The summed E-state index contributed by atoms with van der Waals surface area (Å²) in [5, 5.41) is 9.36. The molecule has 18 heavy (non-hydrogen) atoms. The van der Waals surface area contributed by atoms with Gasteiger partial charge in [-0.05, 0) is 25.2 Å². The molecule has 0 saturated carbocycles. The first-order valence-electron chi connectivity index (χ1n) is 8.11. The van der Waals surface area contributed by atoms with Crippen molar-refractivity contribution in [2.75, 3.05) is 6.61 Å². The fraction of sp³-hybridized carbons (Fsp3) is 1.00. The predicted octanol–water partition coefficient (Wildman–Crippen LogP) is 4.25. The summed E-state index contributed by atoms with van der Waals surface area (Å²) >= 11 is 0. The minimum absolute atomic E-state index is 0.289. The quantitative estimate of drug-likeness (QED) is 0.484. The number of unbranched alkanes of at least 4 members (excludes halogenated alkanes) is 6. The first-order valence-corrected chi connectivity index (χ1v) is 8.11. The molecule has 3 N–H and O–H groups in total. The van der Waals surface area contributed by atoms with E-state index in [-0.39, 0.29) is 6.04 Å². The minimum Gasteiger partial charge on any atom is -0.396 e. The van der Waals surface area contributed by atoms with Crippen molar-refractivity contribution in [3.63, 3.8) is 0 Å². The van der Waals surface area contributed by atoms with Gasteiger partial charge in [0.2, 0.25) is 0 Å². The topological polar surface area (TPSA) is 46.2 Å². The van der Waals surface area contributed by atoms with Crippen LogP contribution in [0.2, 0.25) is 0 Å². The van der Waals surface area contributed by atoms with Gasteiger partial charge in [0.05, 0.1) is 0 Å². The van der Waals surface area contributed by atoms with Gasteiger partial charge in [0, 0.05) is 12.6 Å². The number of hydrogen-bond donors (Lipinski definition) is 2. The van der Waals surface area contributed by atoms with E-state index in [0.29, 0.717) is 12.5 Å². The van der Waals surface area contributed by atoms with E-state index in [1.54, 1.807) is 0 Å². The lowest BCUT2D eigenvalue weighted by Crippen LogP contribution is -2.24. The van der Waals surface area contributed by atoms with Gasteiger partial charge in [0.1, 0.15) is 0 Å². The van der Waals surface area contributed by atoms with Crippen LogP contribution >= 0.6 is 0 Å². The molecule has 0 bridgehead atoms. The van der Waals surface area contributed by atoms with E-state index >= 15 is 0 Å². The summed E-state index contributed by atoms with van der Waals surface area (Å²) in [6.45, 7) is 4.74. The number of aliphatic hydroxyl groups is 1. The summed E-state index contributed by atoms with van der Waals surface area (Å²) in [5.74, 6) is 0.433. The van der Waals surface area contributed by atoms with Crippen LogP contribution in [0.15, 0.2) is 0 Å². The molecule has 0 aliphatic rings. The molecule has 2 heteroatoms. The molecule has 0 aromatic rings. The van der Waals surface area contributed by atoms with Gasteiger partial charge in [-0.25, -0.2) is 0 Å². The molecule has 0 rings (SSSR count). The summed E-state index contributed by atoms with van der Waals surface area (Å²) in [6, 6.07) is 0.289. The molecule has 0 aromatic heterocycles. The van der Waals surface area contributed by atoms with Crippen molar-refractivity contribution in [1.29, 1.82) is 0 Å². The second kappa shape index (κ2) is 13.4. The third kappa shape index (κ3) is 11.0. The molecule has 2 atom stereocenters. The van der Waals surface area contributed by atoms with Crippen molar-refractivity contribution in [1.82, 2.24) is 0 Å². The highest BCUT2D eigenvalue weighted by Crippen LogP contribution is 2.17. The van der Waals surface area contributed by atoms with E-state index in [1.807, 2.05) is 0 Å². The van der Waals surface area contributed by atoms with E-state index in [1.165, 1.54) is 44.9 Å². The minimum atomic E-state index is 0.289. The van der Waals surface area contributed by atoms with Crippen molar-refractivity contribution in [2.45, 2.75) is 90.5 Å². The van der Waals surface area contributed by atoms with Crippen LogP contribution in [-0.4, -0.2) is 17.8 Å². The van der Waals surface area contributed by atoms with Crippen LogP contribution in [-0.2, 0) is 0 Å². The Morgan fingerprint density at radius 1 is 0.833 bits per heavy atom. The third-order valence-corrected chi connectivity index (χ3v) is 3.77. The molecule has 0 aromatic carbocycles. The van der Waals surface area contributed by atoms with Crippen LogP contribution in [0.1, 0.15) is 84.5 Å². The van der Waals surface area contributed by atoms with E-state index in [0.717, 1.165) is 25.7 Å². The summed E-state index contributed by atoms with van der Waals surface area (Å²) < 4.78 is 0. The molecule has 0 aliphatic carbocycles. The second-order valence-electron chi connectivity index (χ2n) is 5.74. The van der Waals surface area contributed by atoms with Crippen molar-refractivity contribution in [2.24, 2.45) is 11.7 Å².